The van der Waals surface area contributed by atoms with Gasteiger partial charge in [-0.05, 0) is 24.3 Å². The molecule has 10 heteroatoms. The molecule has 0 saturated heterocycles. The Labute approximate surface area is 146 Å². The number of ether oxygens (including phenoxy) is 1. The number of nitro groups is 1. The van der Waals surface area contributed by atoms with Crippen LogP contribution < -0.4 is 15.5 Å². The Morgan fingerprint density at radius 3 is 2.84 bits per heavy atom. The molecule has 0 radical (unpaired) electrons. The fraction of sp³-hybridized carbons (Fsp3) is 0.133. The number of methoxy groups -OCH3 is 1. The Balaban J connectivity index is 1.80. The summed E-state index contributed by atoms with van der Waals surface area (Å²) in [5, 5.41) is 16.7. The summed E-state index contributed by atoms with van der Waals surface area (Å²) in [6.07, 6.45) is 1.29. The first-order chi connectivity index (χ1) is 12.0. The number of nitrogens with zero attached hydrogens (tertiary/aromatic N) is 2. The Morgan fingerprint density at radius 2 is 2.16 bits per heavy atom. The zero-order chi connectivity index (χ0) is 18.2. The van der Waals surface area contributed by atoms with E-state index in [1.54, 1.807) is 24.3 Å². The van der Waals surface area contributed by atoms with Crippen molar-refractivity contribution in [3.8, 4) is 5.75 Å². The molecule has 0 aliphatic rings. The molecular formula is C15H14N4O5S. The minimum atomic E-state index is -0.529. The Bertz CT molecular complexity index is 818. The second-order valence-electron chi connectivity index (χ2n) is 4.64. The summed E-state index contributed by atoms with van der Waals surface area (Å²) in [5.41, 5.74) is 2.59. The average molecular weight is 362 g/mol. The third kappa shape index (κ3) is 5.39. The number of benzene rings is 1. The third-order valence-corrected chi connectivity index (χ3v) is 3.89. The molecule has 1 aromatic carbocycles. The Morgan fingerprint density at radius 1 is 1.36 bits per heavy atom. The quantitative estimate of drug-likeness (QED) is 0.439. The summed E-state index contributed by atoms with van der Waals surface area (Å²) < 4.78 is 5.02. The van der Waals surface area contributed by atoms with Crippen LogP contribution in [0.25, 0.3) is 0 Å². The molecule has 2 N–H and O–H groups in total. The SMILES string of the molecule is COc1cccc(C(=O)NCC(=O)N/N=C\c2ccc([N+](=O)[O-])s2)c1. The van der Waals surface area contributed by atoms with E-state index in [9.17, 15) is 19.7 Å². The molecule has 0 atom stereocenters. The number of carbonyl (C=O) groups is 2. The molecule has 0 spiro atoms. The lowest BCUT2D eigenvalue weighted by Gasteiger charge is -2.05. The Kier molecular flexibility index (Phi) is 6.18. The van der Waals surface area contributed by atoms with Gasteiger partial charge in [0.1, 0.15) is 5.75 Å². The van der Waals surface area contributed by atoms with Gasteiger partial charge in [0, 0.05) is 11.6 Å². The summed E-state index contributed by atoms with van der Waals surface area (Å²) in [5.74, 6) is -0.419. The topological polar surface area (TPSA) is 123 Å². The third-order valence-electron chi connectivity index (χ3n) is 2.92. The number of hydrogen-bond acceptors (Lipinski definition) is 7. The summed E-state index contributed by atoms with van der Waals surface area (Å²) in [6, 6.07) is 9.38. The van der Waals surface area contributed by atoms with Gasteiger partial charge in [0.25, 0.3) is 11.8 Å². The van der Waals surface area contributed by atoms with Crippen LogP contribution in [0.3, 0.4) is 0 Å². The van der Waals surface area contributed by atoms with Crippen LogP contribution in [0, 0.1) is 10.1 Å². The van der Waals surface area contributed by atoms with E-state index in [1.165, 1.54) is 25.5 Å². The van der Waals surface area contributed by atoms with Crippen molar-refractivity contribution >= 4 is 34.4 Å². The predicted octanol–water partition coefficient (Wildman–Crippen LogP) is 1.54. The molecular weight excluding hydrogens is 348 g/mol. The monoisotopic (exact) mass is 362 g/mol. The highest BCUT2D eigenvalue weighted by Gasteiger charge is 2.09. The first kappa shape index (κ1) is 18.1. The van der Waals surface area contributed by atoms with Gasteiger partial charge in [-0.15, -0.1) is 0 Å². The number of nitrogens with one attached hydrogen (secondary N) is 2. The van der Waals surface area contributed by atoms with Gasteiger partial charge in [-0.25, -0.2) is 5.43 Å². The lowest BCUT2D eigenvalue weighted by atomic mass is 10.2. The van der Waals surface area contributed by atoms with Gasteiger partial charge in [0.15, 0.2) is 0 Å². The maximum Gasteiger partial charge on any atom is 0.324 e. The van der Waals surface area contributed by atoms with Gasteiger partial charge in [-0.2, -0.15) is 5.10 Å². The van der Waals surface area contributed by atoms with E-state index in [0.29, 0.717) is 16.2 Å². The van der Waals surface area contributed by atoms with Crippen LogP contribution in [-0.2, 0) is 4.79 Å². The van der Waals surface area contributed by atoms with E-state index < -0.39 is 16.7 Å². The number of carbonyl (C=O) groups excluding carboxylic acids is 2. The maximum absolute atomic E-state index is 11.9. The van der Waals surface area contributed by atoms with E-state index in [2.05, 4.69) is 15.8 Å². The van der Waals surface area contributed by atoms with Gasteiger partial charge in [-0.3, -0.25) is 19.7 Å². The maximum atomic E-state index is 11.9. The molecule has 0 aliphatic carbocycles. The first-order valence-electron chi connectivity index (χ1n) is 6.98. The molecule has 0 aliphatic heterocycles. The zero-order valence-corrected chi connectivity index (χ0v) is 13.9. The average Bonchev–Trinajstić information content (AvgIpc) is 3.09. The molecule has 25 heavy (non-hydrogen) atoms. The van der Waals surface area contributed by atoms with Crippen molar-refractivity contribution in [2.24, 2.45) is 5.10 Å². The first-order valence-corrected chi connectivity index (χ1v) is 7.79. The summed E-state index contributed by atoms with van der Waals surface area (Å²) in [4.78, 5) is 34.1. The van der Waals surface area contributed by atoms with Crippen molar-refractivity contribution in [3.05, 3.63) is 57.0 Å². The summed E-state index contributed by atoms with van der Waals surface area (Å²) in [6.45, 7) is -0.266. The van der Waals surface area contributed by atoms with Gasteiger partial charge < -0.3 is 10.1 Å². The fourth-order valence-corrected chi connectivity index (χ4v) is 2.44. The fourth-order valence-electron chi connectivity index (χ4n) is 1.74. The smallest absolute Gasteiger partial charge is 0.324 e. The highest BCUT2D eigenvalue weighted by molar-refractivity contribution is 7.16. The predicted molar refractivity (Wildman–Crippen MR) is 92.0 cm³/mol. The van der Waals surface area contributed by atoms with E-state index in [4.69, 9.17) is 4.74 Å². The molecule has 9 nitrogen and oxygen atoms in total. The van der Waals surface area contributed by atoms with Crippen molar-refractivity contribution in [3.63, 3.8) is 0 Å². The number of rotatable bonds is 7. The highest BCUT2D eigenvalue weighted by atomic mass is 32.1. The lowest BCUT2D eigenvalue weighted by Crippen LogP contribution is -2.34. The van der Waals surface area contributed by atoms with Crippen molar-refractivity contribution in [2.45, 2.75) is 0 Å². The summed E-state index contributed by atoms with van der Waals surface area (Å²) >= 11 is 0.930. The largest absolute Gasteiger partial charge is 0.497 e. The van der Waals surface area contributed by atoms with Crippen molar-refractivity contribution in [1.82, 2.24) is 10.7 Å². The van der Waals surface area contributed by atoms with Crippen LogP contribution in [0.4, 0.5) is 5.00 Å². The number of hydrazone groups is 1. The van der Waals surface area contributed by atoms with E-state index >= 15 is 0 Å². The molecule has 130 valence electrons. The minimum Gasteiger partial charge on any atom is -0.497 e. The van der Waals surface area contributed by atoms with Crippen LogP contribution in [0.1, 0.15) is 15.2 Å². The van der Waals surface area contributed by atoms with Crippen molar-refractivity contribution < 1.29 is 19.2 Å². The molecule has 1 aromatic heterocycles. The molecule has 0 fully saturated rings. The van der Waals surface area contributed by atoms with Crippen LogP contribution in [0.2, 0.25) is 0 Å². The van der Waals surface area contributed by atoms with Gasteiger partial charge >= 0.3 is 5.00 Å². The molecule has 2 rings (SSSR count). The van der Waals surface area contributed by atoms with E-state index in [-0.39, 0.29) is 11.5 Å². The van der Waals surface area contributed by atoms with E-state index in [1.807, 2.05) is 0 Å². The number of hydrogen-bond donors (Lipinski definition) is 2. The zero-order valence-electron chi connectivity index (χ0n) is 13.1. The number of thiophene rings is 1. The summed E-state index contributed by atoms with van der Waals surface area (Å²) in [7, 11) is 1.49. The van der Waals surface area contributed by atoms with Gasteiger partial charge in [-0.1, -0.05) is 17.4 Å². The molecule has 2 aromatic rings. The van der Waals surface area contributed by atoms with Crippen LogP contribution in [0.5, 0.6) is 5.75 Å². The molecule has 1 heterocycles. The Hall–Kier alpha value is -3.27. The lowest BCUT2D eigenvalue weighted by molar-refractivity contribution is -0.380. The van der Waals surface area contributed by atoms with Gasteiger partial charge in [0.2, 0.25) is 0 Å². The van der Waals surface area contributed by atoms with Crippen molar-refractivity contribution in [2.75, 3.05) is 13.7 Å². The molecule has 2 amide bonds. The van der Waals surface area contributed by atoms with Crippen LogP contribution in [0.15, 0.2) is 41.5 Å². The minimum absolute atomic E-state index is 0.0154. The highest BCUT2D eigenvalue weighted by Crippen LogP contribution is 2.22. The second kappa shape index (κ2) is 8.55. The standard InChI is InChI=1S/C15H14N4O5S/c1-24-11-4-2-3-10(7-11)15(21)16-9-13(20)18-17-8-12-5-6-14(25-12)19(22)23/h2-8H,9H2,1H3,(H,16,21)(H,18,20)/b17-8-. The molecule has 0 saturated carbocycles. The van der Waals surface area contributed by atoms with Crippen LogP contribution in [-0.4, -0.2) is 36.6 Å². The second-order valence-corrected chi connectivity index (χ2v) is 5.73. The molecule has 0 bridgehead atoms. The molecule has 0 unspecified atom stereocenters. The van der Waals surface area contributed by atoms with Crippen molar-refractivity contribution in [1.29, 1.82) is 0 Å². The van der Waals surface area contributed by atoms with E-state index in [0.717, 1.165) is 11.3 Å². The normalized spacial score (nSPS) is 10.4. The van der Waals surface area contributed by atoms with Crippen LogP contribution >= 0.6 is 11.3 Å². The number of amides is 2. The van der Waals surface area contributed by atoms with Gasteiger partial charge in [0.05, 0.1) is 29.7 Å².